The van der Waals surface area contributed by atoms with E-state index in [-0.39, 0.29) is 4.60 Å². The molecule has 0 aliphatic heterocycles. The molecule has 1 aromatic heterocycles. The maximum atomic E-state index is 12.5. The zero-order valence-electron chi connectivity index (χ0n) is 7.52. The van der Waals surface area contributed by atoms with Gasteiger partial charge in [-0.1, -0.05) is 0 Å². The van der Waals surface area contributed by atoms with Crippen molar-refractivity contribution < 1.29 is 27.1 Å². The van der Waals surface area contributed by atoms with E-state index in [1.807, 2.05) is 0 Å². The van der Waals surface area contributed by atoms with Crippen LogP contribution < -0.4 is 0 Å². The van der Waals surface area contributed by atoms with Crippen molar-refractivity contribution in [1.29, 1.82) is 0 Å². The van der Waals surface area contributed by atoms with Gasteiger partial charge in [-0.15, -0.1) is 0 Å². The molecule has 0 spiro atoms. The Balaban J connectivity index is 3.52. The molecule has 1 heterocycles. The predicted octanol–water partition coefficient (Wildman–Crippen LogP) is 3.29. The van der Waals surface area contributed by atoms with Gasteiger partial charge in [-0.05, 0) is 22.0 Å². The highest BCUT2D eigenvalue weighted by Gasteiger charge is 2.39. The second-order valence-corrected chi connectivity index (χ2v) is 3.62. The highest BCUT2D eigenvalue weighted by molar-refractivity contribution is 9.10. The standard InChI is InChI=1S/C8H5BrF5NO/c9-5-1-3(7(10)11)6(8(12,13)14)4(2-16)15-5/h1,7,16H,2H2. The third-order valence-electron chi connectivity index (χ3n) is 1.76. The molecule has 0 atom stereocenters. The minimum Gasteiger partial charge on any atom is -0.390 e. The van der Waals surface area contributed by atoms with Crippen LogP contribution in [-0.4, -0.2) is 10.1 Å². The Morgan fingerprint density at radius 1 is 1.38 bits per heavy atom. The van der Waals surface area contributed by atoms with Gasteiger partial charge in [0.05, 0.1) is 17.9 Å². The Bertz CT molecular complexity index is 393. The molecule has 0 saturated carbocycles. The molecule has 0 amide bonds. The molecule has 0 aliphatic carbocycles. The lowest BCUT2D eigenvalue weighted by molar-refractivity contribution is -0.141. The lowest BCUT2D eigenvalue weighted by Crippen LogP contribution is -2.15. The zero-order valence-corrected chi connectivity index (χ0v) is 9.11. The average molecular weight is 306 g/mol. The molecule has 2 nitrogen and oxygen atoms in total. The van der Waals surface area contributed by atoms with Crippen molar-refractivity contribution >= 4 is 15.9 Å². The van der Waals surface area contributed by atoms with Crippen LogP contribution in [0.2, 0.25) is 0 Å². The summed E-state index contributed by atoms with van der Waals surface area (Å²) in [7, 11) is 0. The van der Waals surface area contributed by atoms with E-state index in [0.717, 1.165) is 0 Å². The van der Waals surface area contributed by atoms with Crippen molar-refractivity contribution in [2.75, 3.05) is 0 Å². The number of nitrogens with zero attached hydrogens (tertiary/aromatic N) is 1. The molecule has 0 fully saturated rings. The lowest BCUT2D eigenvalue weighted by atomic mass is 10.1. The molecule has 1 aromatic rings. The van der Waals surface area contributed by atoms with Gasteiger partial charge in [0.25, 0.3) is 6.43 Å². The van der Waals surface area contributed by atoms with Gasteiger partial charge in [-0.2, -0.15) is 13.2 Å². The third kappa shape index (κ3) is 2.67. The Morgan fingerprint density at radius 3 is 2.31 bits per heavy atom. The summed E-state index contributed by atoms with van der Waals surface area (Å²) in [6, 6.07) is 0.590. The first kappa shape index (κ1) is 13.3. The Morgan fingerprint density at radius 2 is 1.94 bits per heavy atom. The number of rotatable bonds is 2. The lowest BCUT2D eigenvalue weighted by Gasteiger charge is -2.15. The van der Waals surface area contributed by atoms with Crippen molar-refractivity contribution in [1.82, 2.24) is 4.98 Å². The molecule has 0 unspecified atom stereocenters. The monoisotopic (exact) mass is 305 g/mol. The molecular weight excluding hydrogens is 301 g/mol. The highest BCUT2D eigenvalue weighted by Crippen LogP contribution is 2.39. The van der Waals surface area contributed by atoms with Gasteiger partial charge >= 0.3 is 6.18 Å². The number of aliphatic hydroxyl groups excluding tert-OH is 1. The number of aliphatic hydroxyl groups is 1. The van der Waals surface area contributed by atoms with Gasteiger partial charge < -0.3 is 5.11 Å². The summed E-state index contributed by atoms with van der Waals surface area (Å²) in [5.41, 5.74) is -3.59. The molecule has 0 saturated heterocycles. The van der Waals surface area contributed by atoms with Crippen LogP contribution in [-0.2, 0) is 12.8 Å². The van der Waals surface area contributed by atoms with E-state index in [0.29, 0.717) is 6.07 Å². The average Bonchev–Trinajstić information content (AvgIpc) is 2.14. The summed E-state index contributed by atoms with van der Waals surface area (Å²) < 4.78 is 62.1. The number of hydrogen-bond donors (Lipinski definition) is 1. The van der Waals surface area contributed by atoms with Gasteiger partial charge in [0.15, 0.2) is 0 Å². The Hall–Kier alpha value is -0.760. The van der Waals surface area contributed by atoms with E-state index >= 15 is 0 Å². The van der Waals surface area contributed by atoms with E-state index in [1.54, 1.807) is 0 Å². The first-order valence-electron chi connectivity index (χ1n) is 3.93. The summed E-state index contributed by atoms with van der Waals surface area (Å²) in [5.74, 6) is 0. The van der Waals surface area contributed by atoms with Gasteiger partial charge in [0.1, 0.15) is 4.60 Å². The van der Waals surface area contributed by atoms with Gasteiger partial charge in [-0.3, -0.25) is 0 Å². The van der Waals surface area contributed by atoms with Crippen molar-refractivity contribution in [2.45, 2.75) is 19.2 Å². The second kappa shape index (κ2) is 4.62. The van der Waals surface area contributed by atoms with Gasteiger partial charge in [-0.25, -0.2) is 13.8 Å². The van der Waals surface area contributed by atoms with Crippen LogP contribution in [0.25, 0.3) is 0 Å². The SMILES string of the molecule is OCc1nc(Br)cc(C(F)F)c1C(F)(F)F. The van der Waals surface area contributed by atoms with Gasteiger partial charge in [0.2, 0.25) is 0 Å². The van der Waals surface area contributed by atoms with Crippen molar-refractivity contribution in [3.8, 4) is 0 Å². The largest absolute Gasteiger partial charge is 0.418 e. The van der Waals surface area contributed by atoms with Crippen LogP contribution >= 0.6 is 15.9 Å². The molecule has 0 radical (unpaired) electrons. The first-order valence-corrected chi connectivity index (χ1v) is 4.72. The van der Waals surface area contributed by atoms with E-state index in [2.05, 4.69) is 20.9 Å². The quantitative estimate of drug-likeness (QED) is 0.672. The van der Waals surface area contributed by atoms with E-state index in [4.69, 9.17) is 5.11 Å². The maximum Gasteiger partial charge on any atom is 0.418 e. The molecule has 8 heteroatoms. The van der Waals surface area contributed by atoms with Crippen LogP contribution in [0.3, 0.4) is 0 Å². The predicted molar refractivity (Wildman–Crippen MR) is 47.8 cm³/mol. The Labute approximate surface area is 95.2 Å². The first-order chi connectivity index (χ1) is 7.27. The summed E-state index contributed by atoms with van der Waals surface area (Å²) in [4.78, 5) is 3.31. The molecule has 0 aromatic carbocycles. The number of halogens is 6. The number of alkyl halides is 5. The fourth-order valence-electron chi connectivity index (χ4n) is 1.20. The number of pyridine rings is 1. The minimum atomic E-state index is -4.97. The third-order valence-corrected chi connectivity index (χ3v) is 2.17. The van der Waals surface area contributed by atoms with Crippen LogP contribution in [0.15, 0.2) is 10.7 Å². The Kier molecular flexibility index (Phi) is 3.84. The molecule has 16 heavy (non-hydrogen) atoms. The fraction of sp³-hybridized carbons (Fsp3) is 0.375. The van der Waals surface area contributed by atoms with Crippen molar-refractivity contribution in [3.05, 3.63) is 27.5 Å². The molecule has 0 aliphatic rings. The molecule has 1 rings (SSSR count). The van der Waals surface area contributed by atoms with Crippen molar-refractivity contribution in [2.24, 2.45) is 0 Å². The summed E-state index contributed by atoms with van der Waals surface area (Å²) in [6.07, 6.45) is -8.27. The normalized spacial score (nSPS) is 12.2. The van der Waals surface area contributed by atoms with Crippen LogP contribution in [0.4, 0.5) is 22.0 Å². The van der Waals surface area contributed by atoms with E-state index in [9.17, 15) is 22.0 Å². The zero-order chi connectivity index (χ0) is 12.5. The molecule has 90 valence electrons. The smallest absolute Gasteiger partial charge is 0.390 e. The van der Waals surface area contributed by atoms with E-state index in [1.165, 1.54) is 0 Å². The van der Waals surface area contributed by atoms with E-state index < -0.39 is 36.0 Å². The summed E-state index contributed by atoms with van der Waals surface area (Å²) in [6.45, 7) is -1.06. The maximum absolute atomic E-state index is 12.5. The highest BCUT2D eigenvalue weighted by atomic mass is 79.9. The molecule has 1 N–H and O–H groups in total. The fourth-order valence-corrected chi connectivity index (χ4v) is 1.66. The number of aromatic nitrogens is 1. The topological polar surface area (TPSA) is 33.1 Å². The van der Waals surface area contributed by atoms with Crippen LogP contribution in [0.5, 0.6) is 0 Å². The number of hydrogen-bond acceptors (Lipinski definition) is 2. The summed E-state index contributed by atoms with van der Waals surface area (Å²) in [5, 5.41) is 8.68. The van der Waals surface area contributed by atoms with Crippen molar-refractivity contribution in [3.63, 3.8) is 0 Å². The second-order valence-electron chi connectivity index (χ2n) is 2.81. The van der Waals surface area contributed by atoms with Crippen LogP contribution in [0.1, 0.15) is 23.2 Å². The molecular formula is C8H5BrF5NO. The van der Waals surface area contributed by atoms with Gasteiger partial charge in [0, 0.05) is 5.56 Å². The minimum absolute atomic E-state index is 0.181. The molecule has 0 bridgehead atoms. The van der Waals surface area contributed by atoms with Crippen LogP contribution in [0, 0.1) is 0 Å². The summed E-state index contributed by atoms with van der Waals surface area (Å²) >= 11 is 2.70.